The molecule has 1 heterocycles. The zero-order valence-corrected chi connectivity index (χ0v) is 10.7. The van der Waals surface area contributed by atoms with Crippen molar-refractivity contribution in [3.63, 3.8) is 0 Å². The molecule has 1 aliphatic carbocycles. The Labute approximate surface area is 103 Å². The first-order valence-corrected chi connectivity index (χ1v) is 6.83. The summed E-state index contributed by atoms with van der Waals surface area (Å²) in [6.07, 6.45) is 4.54. The first kappa shape index (κ1) is 12.8. The average Bonchev–Trinajstić information content (AvgIpc) is 2.33. The Kier molecular flexibility index (Phi) is 4.05. The predicted molar refractivity (Wildman–Crippen MR) is 66.6 cm³/mol. The highest BCUT2D eigenvalue weighted by molar-refractivity contribution is 5.83. The second-order valence-electron chi connectivity index (χ2n) is 5.62. The number of aliphatic hydroxyl groups excluding tert-OH is 1. The maximum Gasteiger partial charge on any atom is 0.227 e. The van der Waals surface area contributed by atoms with Gasteiger partial charge < -0.3 is 15.7 Å². The van der Waals surface area contributed by atoms with E-state index in [-0.39, 0.29) is 17.4 Å². The molecule has 0 radical (unpaired) electrons. The molecule has 0 aromatic rings. The normalized spacial score (nSPS) is 37.3. The predicted octanol–water partition coefficient (Wildman–Crippen LogP) is 0.653. The molecule has 0 aromatic carbocycles. The second-order valence-corrected chi connectivity index (χ2v) is 5.62. The van der Waals surface area contributed by atoms with Crippen LogP contribution in [-0.2, 0) is 4.79 Å². The summed E-state index contributed by atoms with van der Waals surface area (Å²) in [7, 11) is 0. The van der Waals surface area contributed by atoms with Crippen LogP contribution in [0.25, 0.3) is 0 Å². The van der Waals surface area contributed by atoms with E-state index in [0.717, 1.165) is 51.7 Å². The molecule has 1 atom stereocenters. The third kappa shape index (κ3) is 2.80. The first-order chi connectivity index (χ1) is 8.16. The molecule has 0 bridgehead atoms. The molecular weight excluding hydrogens is 216 g/mol. The Morgan fingerprint density at radius 2 is 2.29 bits per heavy atom. The highest BCUT2D eigenvalue weighted by Gasteiger charge is 2.38. The lowest BCUT2D eigenvalue weighted by Crippen LogP contribution is -2.51. The van der Waals surface area contributed by atoms with Crippen LogP contribution in [0.4, 0.5) is 0 Å². The van der Waals surface area contributed by atoms with E-state index in [0.29, 0.717) is 5.92 Å². The van der Waals surface area contributed by atoms with Crippen LogP contribution in [-0.4, -0.2) is 36.8 Å². The summed E-state index contributed by atoms with van der Waals surface area (Å²) in [5, 5.41) is 15.6. The number of carbonyl (C=O) groups is 1. The van der Waals surface area contributed by atoms with Crippen LogP contribution in [0.3, 0.4) is 0 Å². The number of hydrogen-bond acceptors (Lipinski definition) is 3. The van der Waals surface area contributed by atoms with Crippen molar-refractivity contribution in [1.29, 1.82) is 0 Å². The van der Waals surface area contributed by atoms with Gasteiger partial charge in [-0.15, -0.1) is 0 Å². The van der Waals surface area contributed by atoms with E-state index in [1.807, 2.05) is 0 Å². The number of carbonyl (C=O) groups excluding carboxylic acids is 1. The van der Waals surface area contributed by atoms with Gasteiger partial charge in [0.15, 0.2) is 0 Å². The van der Waals surface area contributed by atoms with Gasteiger partial charge in [-0.2, -0.15) is 0 Å². The summed E-state index contributed by atoms with van der Waals surface area (Å²) < 4.78 is 0. The molecule has 1 aliphatic heterocycles. The van der Waals surface area contributed by atoms with Gasteiger partial charge in [0.05, 0.1) is 11.5 Å². The van der Waals surface area contributed by atoms with Crippen LogP contribution in [0.5, 0.6) is 0 Å². The number of rotatable bonds is 4. The third-order valence-electron chi connectivity index (χ3n) is 4.39. The molecule has 4 heteroatoms. The van der Waals surface area contributed by atoms with Gasteiger partial charge in [0, 0.05) is 13.1 Å². The largest absolute Gasteiger partial charge is 0.393 e. The number of nitrogens with one attached hydrogen (secondary N) is 2. The molecule has 3 N–H and O–H groups in total. The lowest BCUT2D eigenvalue weighted by atomic mass is 9.77. The zero-order chi connectivity index (χ0) is 12.3. The van der Waals surface area contributed by atoms with Gasteiger partial charge in [-0.05, 0) is 44.6 Å². The van der Waals surface area contributed by atoms with Crippen LogP contribution >= 0.6 is 0 Å². The van der Waals surface area contributed by atoms with Crippen molar-refractivity contribution < 1.29 is 9.90 Å². The van der Waals surface area contributed by atoms with Crippen LogP contribution in [0, 0.1) is 11.3 Å². The van der Waals surface area contributed by atoms with Gasteiger partial charge in [-0.1, -0.05) is 6.92 Å². The molecule has 0 spiro atoms. The van der Waals surface area contributed by atoms with Crippen molar-refractivity contribution >= 4 is 5.91 Å². The molecular formula is C13H24N2O2. The number of piperidine rings is 1. The lowest BCUT2D eigenvalue weighted by Gasteiger charge is -2.37. The van der Waals surface area contributed by atoms with Crippen LogP contribution in [0.1, 0.15) is 39.0 Å². The van der Waals surface area contributed by atoms with Gasteiger partial charge in [0.1, 0.15) is 0 Å². The van der Waals surface area contributed by atoms with E-state index >= 15 is 0 Å². The molecule has 1 saturated heterocycles. The molecule has 1 saturated carbocycles. The number of aliphatic hydroxyl groups is 1. The molecule has 98 valence electrons. The molecule has 0 aromatic heterocycles. The summed E-state index contributed by atoms with van der Waals surface area (Å²) in [4.78, 5) is 12.3. The maximum absolute atomic E-state index is 12.3. The van der Waals surface area contributed by atoms with Gasteiger partial charge in [-0.25, -0.2) is 0 Å². The molecule has 2 rings (SSSR count). The fourth-order valence-electron chi connectivity index (χ4n) is 2.92. The van der Waals surface area contributed by atoms with Crippen molar-refractivity contribution in [1.82, 2.24) is 10.6 Å². The van der Waals surface area contributed by atoms with Crippen molar-refractivity contribution in [3.8, 4) is 0 Å². The van der Waals surface area contributed by atoms with Crippen molar-refractivity contribution in [2.24, 2.45) is 11.3 Å². The molecule has 17 heavy (non-hydrogen) atoms. The van der Waals surface area contributed by atoms with Gasteiger partial charge >= 0.3 is 0 Å². The highest BCUT2D eigenvalue weighted by Crippen LogP contribution is 2.31. The fourth-order valence-corrected chi connectivity index (χ4v) is 2.92. The van der Waals surface area contributed by atoms with Gasteiger partial charge in [0.25, 0.3) is 0 Å². The van der Waals surface area contributed by atoms with Crippen molar-refractivity contribution in [2.45, 2.75) is 45.1 Å². The van der Waals surface area contributed by atoms with E-state index in [2.05, 4.69) is 17.6 Å². The number of hydrogen-bond donors (Lipinski definition) is 3. The summed E-state index contributed by atoms with van der Waals surface area (Å²) in [6.45, 7) is 4.67. The van der Waals surface area contributed by atoms with Gasteiger partial charge in [0.2, 0.25) is 5.91 Å². The Hall–Kier alpha value is -0.610. The topological polar surface area (TPSA) is 61.4 Å². The Balaban J connectivity index is 1.80. The van der Waals surface area contributed by atoms with Crippen LogP contribution in [0.2, 0.25) is 0 Å². The SMILES string of the molecule is CCC1(C(=O)NCC2CC(O)C2)CCCNC1. The molecule has 4 nitrogen and oxygen atoms in total. The number of amides is 1. The van der Waals surface area contributed by atoms with E-state index in [1.54, 1.807) is 0 Å². The quantitative estimate of drug-likeness (QED) is 0.676. The van der Waals surface area contributed by atoms with E-state index in [1.165, 1.54) is 0 Å². The summed E-state index contributed by atoms with van der Waals surface area (Å²) >= 11 is 0. The first-order valence-electron chi connectivity index (χ1n) is 6.83. The fraction of sp³-hybridized carbons (Fsp3) is 0.923. The van der Waals surface area contributed by atoms with Crippen molar-refractivity contribution in [3.05, 3.63) is 0 Å². The highest BCUT2D eigenvalue weighted by atomic mass is 16.3. The second kappa shape index (κ2) is 5.36. The molecule has 1 unspecified atom stereocenters. The Morgan fingerprint density at radius 1 is 1.53 bits per heavy atom. The van der Waals surface area contributed by atoms with Crippen molar-refractivity contribution in [2.75, 3.05) is 19.6 Å². The van der Waals surface area contributed by atoms with Crippen LogP contribution in [0.15, 0.2) is 0 Å². The van der Waals surface area contributed by atoms with E-state index < -0.39 is 0 Å². The molecule has 2 aliphatic rings. The monoisotopic (exact) mass is 240 g/mol. The van der Waals surface area contributed by atoms with E-state index in [4.69, 9.17) is 0 Å². The summed E-state index contributed by atoms with van der Waals surface area (Å²) in [5.74, 6) is 0.688. The minimum Gasteiger partial charge on any atom is -0.393 e. The minimum atomic E-state index is -0.194. The Bertz CT molecular complexity index is 269. The smallest absolute Gasteiger partial charge is 0.227 e. The summed E-state index contributed by atoms with van der Waals surface area (Å²) in [5.41, 5.74) is -0.194. The van der Waals surface area contributed by atoms with Gasteiger partial charge in [-0.3, -0.25) is 4.79 Å². The summed E-state index contributed by atoms with van der Waals surface area (Å²) in [6, 6.07) is 0. The minimum absolute atomic E-state index is 0.131. The average molecular weight is 240 g/mol. The standard InChI is InChI=1S/C13H24N2O2/c1-2-13(4-3-5-14-9-13)12(17)15-8-10-6-11(16)7-10/h10-11,14,16H,2-9H2,1H3,(H,15,17). The molecule has 2 fully saturated rings. The van der Waals surface area contributed by atoms with Crippen LogP contribution < -0.4 is 10.6 Å². The Morgan fingerprint density at radius 3 is 2.82 bits per heavy atom. The zero-order valence-electron chi connectivity index (χ0n) is 10.7. The lowest BCUT2D eigenvalue weighted by molar-refractivity contribution is -0.133. The molecule has 1 amide bonds. The van der Waals surface area contributed by atoms with E-state index in [9.17, 15) is 9.90 Å². The maximum atomic E-state index is 12.3. The third-order valence-corrected chi connectivity index (χ3v) is 4.39.